The number of anilines is 1. The Balaban J connectivity index is 1.64. The molecule has 5 nitrogen and oxygen atoms in total. The summed E-state index contributed by atoms with van der Waals surface area (Å²) in [5.41, 5.74) is 0. The number of rotatable bonds is 6. The number of thiophene rings is 1. The number of nitrogens with one attached hydrogen (secondary N) is 1. The molecule has 0 bridgehead atoms. The number of aromatic nitrogens is 2. The molecule has 0 aromatic carbocycles. The van der Waals surface area contributed by atoms with Gasteiger partial charge < -0.3 is 14.8 Å². The number of aryl methyl sites for hydroxylation is 1. The molecule has 1 N–H and O–H groups in total. The van der Waals surface area contributed by atoms with Crippen molar-refractivity contribution in [1.82, 2.24) is 9.97 Å². The number of fused-ring (bicyclic) bond motifs is 1. The Morgan fingerprint density at radius 3 is 3.19 bits per heavy atom. The molecule has 1 aliphatic heterocycles. The second-order valence-corrected chi connectivity index (χ2v) is 6.49. The lowest BCUT2D eigenvalue weighted by Gasteiger charge is -2.17. The van der Waals surface area contributed by atoms with E-state index in [0.717, 1.165) is 42.1 Å². The first-order chi connectivity index (χ1) is 10.3. The van der Waals surface area contributed by atoms with Crippen molar-refractivity contribution >= 4 is 27.4 Å². The first-order valence-electron chi connectivity index (χ1n) is 7.45. The molecule has 1 fully saturated rings. The topological polar surface area (TPSA) is 56.3 Å². The zero-order valence-electron chi connectivity index (χ0n) is 12.5. The van der Waals surface area contributed by atoms with E-state index in [-0.39, 0.29) is 12.1 Å². The molecule has 2 atom stereocenters. The summed E-state index contributed by atoms with van der Waals surface area (Å²) in [6.07, 6.45) is 3.89. The van der Waals surface area contributed by atoms with E-state index in [1.165, 1.54) is 4.88 Å². The second kappa shape index (κ2) is 6.68. The van der Waals surface area contributed by atoms with Gasteiger partial charge in [0.2, 0.25) is 0 Å². The molecule has 0 aliphatic carbocycles. The lowest BCUT2D eigenvalue weighted by atomic mass is 10.2. The van der Waals surface area contributed by atoms with Crippen LogP contribution in [0.4, 0.5) is 5.82 Å². The molecule has 2 aromatic heterocycles. The Morgan fingerprint density at radius 1 is 1.52 bits per heavy atom. The van der Waals surface area contributed by atoms with E-state index in [1.54, 1.807) is 17.7 Å². The van der Waals surface area contributed by atoms with Crippen molar-refractivity contribution in [3.63, 3.8) is 0 Å². The maximum atomic E-state index is 5.85. The Morgan fingerprint density at radius 2 is 2.43 bits per heavy atom. The van der Waals surface area contributed by atoms with E-state index < -0.39 is 0 Å². The second-order valence-electron chi connectivity index (χ2n) is 5.37. The van der Waals surface area contributed by atoms with Gasteiger partial charge in [-0.1, -0.05) is 6.92 Å². The van der Waals surface area contributed by atoms with E-state index in [2.05, 4.69) is 35.2 Å². The van der Waals surface area contributed by atoms with Crippen LogP contribution in [0.1, 0.15) is 25.1 Å². The van der Waals surface area contributed by atoms with Crippen LogP contribution in [0.2, 0.25) is 0 Å². The summed E-state index contributed by atoms with van der Waals surface area (Å²) < 4.78 is 11.2. The normalized spacial score (nSPS) is 20.0. The SMILES string of the molecule is CCc1cc2c(NC(C)COC3CCOC3)ncnc2s1. The van der Waals surface area contributed by atoms with Crippen LogP contribution in [0.15, 0.2) is 12.4 Å². The van der Waals surface area contributed by atoms with Crippen molar-refractivity contribution in [3.8, 4) is 0 Å². The summed E-state index contributed by atoms with van der Waals surface area (Å²) in [7, 11) is 0. The molecule has 1 aliphatic rings. The zero-order valence-corrected chi connectivity index (χ0v) is 13.3. The fraction of sp³-hybridized carbons (Fsp3) is 0.600. The van der Waals surface area contributed by atoms with Gasteiger partial charge >= 0.3 is 0 Å². The molecule has 2 unspecified atom stereocenters. The summed E-state index contributed by atoms with van der Waals surface area (Å²) in [5.74, 6) is 0.898. The van der Waals surface area contributed by atoms with E-state index >= 15 is 0 Å². The average molecular weight is 307 g/mol. The van der Waals surface area contributed by atoms with Gasteiger partial charge in [0, 0.05) is 17.5 Å². The van der Waals surface area contributed by atoms with Gasteiger partial charge in [0.15, 0.2) is 0 Å². The molecule has 0 radical (unpaired) electrons. The number of ether oxygens (including phenoxy) is 2. The molecule has 6 heteroatoms. The van der Waals surface area contributed by atoms with Gasteiger partial charge in [0.05, 0.1) is 24.7 Å². The number of hydrogen-bond acceptors (Lipinski definition) is 6. The third-order valence-electron chi connectivity index (χ3n) is 3.58. The predicted octanol–water partition coefficient (Wildman–Crippen LogP) is 2.86. The molecule has 0 saturated carbocycles. The van der Waals surface area contributed by atoms with Crippen molar-refractivity contribution in [3.05, 3.63) is 17.3 Å². The lowest BCUT2D eigenvalue weighted by Crippen LogP contribution is -2.26. The summed E-state index contributed by atoms with van der Waals surface area (Å²) in [6.45, 7) is 6.45. The molecule has 0 spiro atoms. The first-order valence-corrected chi connectivity index (χ1v) is 8.27. The Hall–Kier alpha value is -1.24. The molecule has 3 rings (SSSR count). The lowest BCUT2D eigenvalue weighted by molar-refractivity contribution is 0.0395. The minimum absolute atomic E-state index is 0.202. The van der Waals surface area contributed by atoms with Gasteiger partial charge in [0.25, 0.3) is 0 Å². The summed E-state index contributed by atoms with van der Waals surface area (Å²) in [6, 6.07) is 2.38. The minimum Gasteiger partial charge on any atom is -0.379 e. The number of hydrogen-bond donors (Lipinski definition) is 1. The summed E-state index contributed by atoms with van der Waals surface area (Å²) in [4.78, 5) is 11.1. The highest BCUT2D eigenvalue weighted by molar-refractivity contribution is 7.18. The highest BCUT2D eigenvalue weighted by atomic mass is 32.1. The third kappa shape index (κ3) is 3.51. The fourth-order valence-electron chi connectivity index (χ4n) is 2.39. The average Bonchev–Trinajstić information content (AvgIpc) is 3.14. The van der Waals surface area contributed by atoms with Crippen LogP contribution in [0, 0.1) is 0 Å². The minimum atomic E-state index is 0.202. The van der Waals surface area contributed by atoms with E-state index in [1.807, 2.05) is 0 Å². The monoisotopic (exact) mass is 307 g/mol. The van der Waals surface area contributed by atoms with Crippen LogP contribution in [0.3, 0.4) is 0 Å². The molecule has 0 amide bonds. The maximum absolute atomic E-state index is 5.85. The zero-order chi connectivity index (χ0) is 14.7. The third-order valence-corrected chi connectivity index (χ3v) is 4.77. The smallest absolute Gasteiger partial charge is 0.138 e. The van der Waals surface area contributed by atoms with Crippen LogP contribution in [-0.4, -0.2) is 41.9 Å². The van der Waals surface area contributed by atoms with Gasteiger partial charge in [-0.3, -0.25) is 0 Å². The Kier molecular flexibility index (Phi) is 4.67. The standard InChI is InChI=1S/C15H21N3O2S/c1-3-12-6-13-14(16-9-17-15(13)21-12)18-10(2)7-20-11-4-5-19-8-11/h6,9-11H,3-5,7-8H2,1-2H3,(H,16,17,18). The van der Waals surface area contributed by atoms with Crippen molar-refractivity contribution in [2.75, 3.05) is 25.1 Å². The summed E-state index contributed by atoms with van der Waals surface area (Å²) in [5, 5.41) is 4.54. The van der Waals surface area contributed by atoms with Crippen LogP contribution >= 0.6 is 11.3 Å². The predicted molar refractivity (Wildman–Crippen MR) is 85.1 cm³/mol. The van der Waals surface area contributed by atoms with Crippen molar-refractivity contribution in [2.45, 2.75) is 38.8 Å². The Bertz CT molecular complexity index is 596. The van der Waals surface area contributed by atoms with Crippen molar-refractivity contribution in [1.29, 1.82) is 0 Å². The number of nitrogens with zero attached hydrogens (tertiary/aromatic N) is 2. The van der Waals surface area contributed by atoms with Crippen LogP contribution < -0.4 is 5.32 Å². The molecule has 3 heterocycles. The van der Waals surface area contributed by atoms with Crippen LogP contribution in [0.25, 0.3) is 10.2 Å². The van der Waals surface area contributed by atoms with Gasteiger partial charge in [-0.2, -0.15) is 0 Å². The molecule has 2 aromatic rings. The fourth-order valence-corrected chi connectivity index (χ4v) is 3.33. The summed E-state index contributed by atoms with van der Waals surface area (Å²) >= 11 is 1.73. The first kappa shape index (κ1) is 14.7. The van der Waals surface area contributed by atoms with Gasteiger partial charge in [-0.25, -0.2) is 9.97 Å². The van der Waals surface area contributed by atoms with Gasteiger partial charge in [0.1, 0.15) is 17.0 Å². The van der Waals surface area contributed by atoms with Crippen LogP contribution in [-0.2, 0) is 15.9 Å². The molecule has 21 heavy (non-hydrogen) atoms. The molecular weight excluding hydrogens is 286 g/mol. The van der Waals surface area contributed by atoms with Crippen LogP contribution in [0.5, 0.6) is 0 Å². The van der Waals surface area contributed by atoms with E-state index in [4.69, 9.17) is 9.47 Å². The van der Waals surface area contributed by atoms with Crippen molar-refractivity contribution < 1.29 is 9.47 Å². The highest BCUT2D eigenvalue weighted by Crippen LogP contribution is 2.28. The van der Waals surface area contributed by atoms with Gasteiger partial charge in [-0.15, -0.1) is 11.3 Å². The molecule has 114 valence electrons. The highest BCUT2D eigenvalue weighted by Gasteiger charge is 2.17. The van der Waals surface area contributed by atoms with Crippen molar-refractivity contribution in [2.24, 2.45) is 0 Å². The van der Waals surface area contributed by atoms with Gasteiger partial charge in [-0.05, 0) is 25.8 Å². The quantitative estimate of drug-likeness (QED) is 0.889. The maximum Gasteiger partial charge on any atom is 0.138 e. The molecular formula is C15H21N3O2S. The van der Waals surface area contributed by atoms with E-state index in [9.17, 15) is 0 Å². The Labute approximate surface area is 128 Å². The largest absolute Gasteiger partial charge is 0.379 e. The van der Waals surface area contributed by atoms with E-state index in [0.29, 0.717) is 6.61 Å². The molecule has 1 saturated heterocycles.